The van der Waals surface area contributed by atoms with Gasteiger partial charge in [0.15, 0.2) is 0 Å². The van der Waals surface area contributed by atoms with Gasteiger partial charge in [0.05, 0.1) is 0 Å². The largest absolute Gasteiger partial charge is 0.423 e. The number of benzene rings is 2. The molecule has 3 rings (SSSR count). The van der Waals surface area contributed by atoms with Gasteiger partial charge in [-0.2, -0.15) is 11.8 Å². The third-order valence-electron chi connectivity index (χ3n) is 4.17. The Morgan fingerprint density at radius 2 is 1.81 bits per heavy atom. The van der Waals surface area contributed by atoms with Crippen molar-refractivity contribution >= 4 is 34.3 Å². The number of hydrogen-bond acceptors (Lipinski definition) is 4. The zero-order valence-electron chi connectivity index (χ0n) is 15.1. The molecule has 5 heteroatoms. The second-order valence-corrected chi connectivity index (χ2v) is 7.39. The first-order chi connectivity index (χ1) is 12.4. The molecule has 1 aromatic heterocycles. The van der Waals surface area contributed by atoms with E-state index in [1.807, 2.05) is 12.1 Å². The number of fused-ring (bicyclic) bond motifs is 1. The van der Waals surface area contributed by atoms with Crippen LogP contribution >= 0.6 is 11.8 Å². The van der Waals surface area contributed by atoms with Gasteiger partial charge in [0.25, 0.3) is 0 Å². The molecular weight excluding hydrogens is 346 g/mol. The number of rotatable bonds is 5. The van der Waals surface area contributed by atoms with E-state index in [1.165, 1.54) is 23.6 Å². The molecule has 0 spiro atoms. The summed E-state index contributed by atoms with van der Waals surface area (Å²) in [6.07, 6.45) is 0. The zero-order chi connectivity index (χ0) is 18.7. The fourth-order valence-electron chi connectivity index (χ4n) is 2.86. The van der Waals surface area contributed by atoms with E-state index in [0.717, 1.165) is 22.5 Å². The predicted octanol–water partition coefficient (Wildman–Crippen LogP) is 4.80. The Morgan fingerprint density at radius 1 is 1.04 bits per heavy atom. The fourth-order valence-corrected chi connectivity index (χ4v) is 3.95. The van der Waals surface area contributed by atoms with Gasteiger partial charge in [-0.25, -0.2) is 4.79 Å². The summed E-state index contributed by atoms with van der Waals surface area (Å²) < 4.78 is 5.31. The second-order valence-electron chi connectivity index (χ2n) is 6.41. The van der Waals surface area contributed by atoms with Crippen LogP contribution in [0.1, 0.15) is 29.2 Å². The Kier molecular flexibility index (Phi) is 5.47. The lowest BCUT2D eigenvalue weighted by Crippen LogP contribution is -2.06. The number of carbonyl (C=O) groups excluding carboxylic acids is 1. The number of thioether (sulfide) groups is 1. The van der Waals surface area contributed by atoms with E-state index in [4.69, 9.17) is 4.42 Å². The van der Waals surface area contributed by atoms with Crippen LogP contribution in [0.3, 0.4) is 0 Å². The molecule has 0 radical (unpaired) electrons. The highest BCUT2D eigenvalue weighted by molar-refractivity contribution is 7.97. The van der Waals surface area contributed by atoms with E-state index in [1.54, 1.807) is 23.9 Å². The van der Waals surface area contributed by atoms with Crippen molar-refractivity contribution in [1.82, 2.24) is 0 Å². The third-order valence-corrected chi connectivity index (χ3v) is 5.20. The summed E-state index contributed by atoms with van der Waals surface area (Å²) >= 11 is 1.77. The molecule has 0 aliphatic heterocycles. The average molecular weight is 367 g/mol. The molecule has 0 atom stereocenters. The highest BCUT2D eigenvalue weighted by Crippen LogP contribution is 2.26. The van der Waals surface area contributed by atoms with Gasteiger partial charge >= 0.3 is 5.63 Å². The quantitative estimate of drug-likeness (QED) is 0.658. The summed E-state index contributed by atoms with van der Waals surface area (Å²) in [5, 5.41) is 3.60. The fraction of sp³-hybridized carbons (Fsp3) is 0.238. The highest BCUT2D eigenvalue weighted by Gasteiger charge is 2.08. The molecule has 1 amide bonds. The van der Waals surface area contributed by atoms with Gasteiger partial charge in [-0.05, 0) is 42.7 Å². The van der Waals surface area contributed by atoms with Crippen molar-refractivity contribution in [2.75, 3.05) is 5.32 Å². The summed E-state index contributed by atoms with van der Waals surface area (Å²) in [7, 11) is 0. The van der Waals surface area contributed by atoms with Crippen LogP contribution in [0.25, 0.3) is 11.0 Å². The summed E-state index contributed by atoms with van der Waals surface area (Å²) in [6.45, 7) is 5.66. The summed E-state index contributed by atoms with van der Waals surface area (Å²) in [5.74, 6) is 1.45. The van der Waals surface area contributed by atoms with Crippen molar-refractivity contribution in [2.45, 2.75) is 32.3 Å². The normalized spacial score (nSPS) is 10.9. The van der Waals surface area contributed by atoms with E-state index >= 15 is 0 Å². The van der Waals surface area contributed by atoms with Crippen LogP contribution in [0.2, 0.25) is 0 Å². The minimum Gasteiger partial charge on any atom is -0.423 e. The molecule has 0 saturated heterocycles. The Morgan fingerprint density at radius 3 is 2.58 bits per heavy atom. The van der Waals surface area contributed by atoms with Gasteiger partial charge in [0.2, 0.25) is 5.91 Å². The van der Waals surface area contributed by atoms with E-state index < -0.39 is 0 Å². The molecule has 0 bridgehead atoms. The minimum absolute atomic E-state index is 0.160. The maximum absolute atomic E-state index is 11.9. The van der Waals surface area contributed by atoms with Crippen LogP contribution in [0.4, 0.5) is 5.69 Å². The number of hydrogen-bond donors (Lipinski definition) is 1. The maximum atomic E-state index is 11.9. The Labute approximate surface area is 156 Å². The average Bonchev–Trinajstić information content (AvgIpc) is 2.57. The zero-order valence-corrected chi connectivity index (χ0v) is 15.9. The Bertz CT molecular complexity index is 1020. The number of anilines is 1. The molecule has 4 nitrogen and oxygen atoms in total. The Balaban J connectivity index is 1.82. The maximum Gasteiger partial charge on any atom is 0.336 e. The van der Waals surface area contributed by atoms with Crippen LogP contribution in [-0.2, 0) is 16.3 Å². The van der Waals surface area contributed by atoms with E-state index in [2.05, 4.69) is 37.4 Å². The van der Waals surface area contributed by atoms with E-state index in [9.17, 15) is 9.59 Å². The van der Waals surface area contributed by atoms with E-state index in [0.29, 0.717) is 11.3 Å². The van der Waals surface area contributed by atoms with Crippen LogP contribution in [0.5, 0.6) is 0 Å². The number of amides is 1. The van der Waals surface area contributed by atoms with Crippen LogP contribution in [0.15, 0.2) is 51.7 Å². The highest BCUT2D eigenvalue weighted by atomic mass is 32.2. The van der Waals surface area contributed by atoms with Gasteiger partial charge in [-0.15, -0.1) is 0 Å². The molecule has 2 aromatic carbocycles. The number of carbonyl (C=O) groups is 1. The molecule has 3 aromatic rings. The molecule has 0 aliphatic rings. The van der Waals surface area contributed by atoms with Crippen molar-refractivity contribution in [2.24, 2.45) is 0 Å². The standard InChI is InChI=1S/C21H21NO3S/c1-13-4-5-14(2)16(8-13)11-26-12-17-9-21(24)25-20-10-18(22-15(3)23)6-7-19(17)20/h4-10H,11-12H2,1-3H3,(H,22,23). The summed E-state index contributed by atoms with van der Waals surface area (Å²) in [6, 6.07) is 13.4. The van der Waals surface area contributed by atoms with Gasteiger partial charge in [0.1, 0.15) is 5.58 Å². The molecule has 1 heterocycles. The Hall–Kier alpha value is -2.53. The molecule has 0 fully saturated rings. The molecule has 0 aliphatic carbocycles. The molecule has 0 unspecified atom stereocenters. The predicted molar refractivity (Wildman–Crippen MR) is 108 cm³/mol. The van der Waals surface area contributed by atoms with Crippen LogP contribution in [-0.4, -0.2) is 5.91 Å². The summed E-state index contributed by atoms with van der Waals surface area (Å²) in [4.78, 5) is 23.1. The van der Waals surface area contributed by atoms with Gasteiger partial charge in [-0.3, -0.25) is 4.79 Å². The number of nitrogens with one attached hydrogen (secondary N) is 1. The summed E-state index contributed by atoms with van der Waals surface area (Å²) in [5.41, 5.74) is 5.53. The van der Waals surface area contributed by atoms with Gasteiger partial charge < -0.3 is 9.73 Å². The molecule has 1 N–H and O–H groups in total. The van der Waals surface area contributed by atoms with Crippen molar-refractivity contribution in [3.63, 3.8) is 0 Å². The van der Waals surface area contributed by atoms with Crippen LogP contribution in [0, 0.1) is 13.8 Å². The lowest BCUT2D eigenvalue weighted by molar-refractivity contribution is -0.114. The van der Waals surface area contributed by atoms with Gasteiger partial charge in [0, 0.05) is 41.6 Å². The minimum atomic E-state index is -0.375. The van der Waals surface area contributed by atoms with Crippen molar-refractivity contribution in [3.05, 3.63) is 75.1 Å². The first-order valence-corrected chi connectivity index (χ1v) is 9.56. The topological polar surface area (TPSA) is 59.3 Å². The molecule has 0 saturated carbocycles. The first kappa shape index (κ1) is 18.3. The number of aryl methyl sites for hydroxylation is 2. The van der Waals surface area contributed by atoms with Crippen molar-refractivity contribution in [3.8, 4) is 0 Å². The lowest BCUT2D eigenvalue weighted by atomic mass is 10.1. The van der Waals surface area contributed by atoms with E-state index in [-0.39, 0.29) is 11.5 Å². The SMILES string of the molecule is CC(=O)Nc1ccc2c(CSCc3cc(C)ccc3C)cc(=O)oc2c1. The smallest absolute Gasteiger partial charge is 0.336 e. The molecule has 26 heavy (non-hydrogen) atoms. The second kappa shape index (κ2) is 7.79. The monoisotopic (exact) mass is 367 g/mol. The lowest BCUT2D eigenvalue weighted by Gasteiger charge is -2.09. The third kappa shape index (κ3) is 4.35. The molecular formula is C21H21NO3S. The van der Waals surface area contributed by atoms with Crippen molar-refractivity contribution < 1.29 is 9.21 Å². The first-order valence-electron chi connectivity index (χ1n) is 8.40. The van der Waals surface area contributed by atoms with Crippen LogP contribution < -0.4 is 10.9 Å². The molecule has 134 valence electrons. The van der Waals surface area contributed by atoms with Crippen molar-refractivity contribution in [1.29, 1.82) is 0 Å². The van der Waals surface area contributed by atoms with Gasteiger partial charge in [-0.1, -0.05) is 23.8 Å².